The quantitative estimate of drug-likeness (QED) is 0.0359. The third-order valence-corrected chi connectivity index (χ3v) is 11.3. The Morgan fingerprint density at radius 1 is 0.390 bits per heavy atom. The number of ether oxygens (including phenoxy) is 4. The molecule has 0 aromatic carbocycles. The van der Waals surface area contributed by atoms with Crippen molar-refractivity contribution in [3.8, 4) is 0 Å². The highest BCUT2D eigenvalue weighted by Gasteiger charge is 2.21. The van der Waals surface area contributed by atoms with Gasteiger partial charge in [-0.05, 0) is 57.8 Å². The fourth-order valence-corrected chi connectivity index (χ4v) is 7.37. The van der Waals surface area contributed by atoms with Crippen LogP contribution in [0.15, 0.2) is 0 Å². The molecule has 2 atom stereocenters. The number of hydrogen-bond donors (Lipinski definition) is 1. The van der Waals surface area contributed by atoms with Crippen molar-refractivity contribution in [2.75, 3.05) is 52.7 Å². The summed E-state index contributed by atoms with van der Waals surface area (Å²) in [4.78, 5) is 52.7. The van der Waals surface area contributed by atoms with Crippen molar-refractivity contribution in [3.63, 3.8) is 0 Å². The van der Waals surface area contributed by atoms with Gasteiger partial charge in [0.25, 0.3) is 0 Å². The summed E-state index contributed by atoms with van der Waals surface area (Å²) in [5, 5.41) is 9.36. The van der Waals surface area contributed by atoms with Crippen molar-refractivity contribution in [1.29, 1.82) is 0 Å². The van der Waals surface area contributed by atoms with Gasteiger partial charge in [-0.1, -0.05) is 156 Å². The lowest BCUT2D eigenvalue weighted by molar-refractivity contribution is -0.150. The van der Waals surface area contributed by atoms with Crippen LogP contribution in [0, 0.1) is 11.8 Å². The van der Waals surface area contributed by atoms with Crippen molar-refractivity contribution >= 4 is 23.9 Å². The number of unbranched alkanes of at least 4 members (excludes halogenated alkanes) is 18. The minimum absolute atomic E-state index is 0.0168. The zero-order valence-corrected chi connectivity index (χ0v) is 38.9. The molecule has 0 heterocycles. The molecule has 0 radical (unpaired) electrons. The van der Waals surface area contributed by atoms with E-state index in [1.54, 1.807) is 0 Å². The predicted octanol–water partition coefficient (Wildman–Crippen LogP) is 11.9. The van der Waals surface area contributed by atoms with Crippen molar-refractivity contribution in [2.45, 2.75) is 227 Å². The number of esters is 4. The topological polar surface area (TPSA) is 129 Å². The maximum absolute atomic E-state index is 12.9. The first-order valence-corrected chi connectivity index (χ1v) is 24.8. The molecule has 10 heteroatoms. The van der Waals surface area contributed by atoms with Crippen LogP contribution in [0.1, 0.15) is 227 Å². The SMILES string of the molecule is CCCCCCCCC(CCCCCC)C(=O)OCCCCOC(=O)CCN(CCCO)CCC(=O)OCCCCOC(=O)C(CCCCCC)CCCCCCCC. The summed E-state index contributed by atoms with van der Waals surface area (Å²) >= 11 is 0. The van der Waals surface area contributed by atoms with Crippen LogP contribution in [-0.4, -0.2) is 86.6 Å². The smallest absolute Gasteiger partial charge is 0.308 e. The monoisotopic (exact) mass is 840 g/mol. The first-order chi connectivity index (χ1) is 28.8. The third-order valence-electron chi connectivity index (χ3n) is 11.3. The second-order valence-electron chi connectivity index (χ2n) is 16.8. The lowest BCUT2D eigenvalue weighted by Gasteiger charge is -2.21. The fourth-order valence-electron chi connectivity index (χ4n) is 7.37. The third kappa shape index (κ3) is 37.3. The molecule has 0 rings (SSSR count). The summed E-state index contributed by atoms with van der Waals surface area (Å²) in [7, 11) is 0. The number of nitrogens with zero attached hydrogens (tertiary/aromatic N) is 1. The Kier molecular flexibility index (Phi) is 42.2. The molecule has 0 aromatic rings. The summed E-state index contributed by atoms with van der Waals surface area (Å²) in [5.41, 5.74) is 0. The molecule has 0 fully saturated rings. The first kappa shape index (κ1) is 56.8. The number of hydrogen-bond acceptors (Lipinski definition) is 10. The molecule has 10 nitrogen and oxygen atoms in total. The van der Waals surface area contributed by atoms with Crippen LogP contribution >= 0.6 is 0 Å². The van der Waals surface area contributed by atoms with Crippen LogP contribution in [0.5, 0.6) is 0 Å². The number of carbonyl (C=O) groups excluding carboxylic acids is 4. The summed E-state index contributed by atoms with van der Waals surface area (Å²) in [5.74, 6) is -0.806. The highest BCUT2D eigenvalue weighted by molar-refractivity contribution is 5.73. The largest absolute Gasteiger partial charge is 0.466 e. The second kappa shape index (κ2) is 43.9. The van der Waals surface area contributed by atoms with E-state index in [4.69, 9.17) is 18.9 Å². The Morgan fingerprint density at radius 2 is 0.695 bits per heavy atom. The number of carbonyl (C=O) groups is 4. The molecule has 0 aromatic heterocycles. The molecule has 59 heavy (non-hydrogen) atoms. The van der Waals surface area contributed by atoms with Gasteiger partial charge < -0.3 is 29.0 Å². The van der Waals surface area contributed by atoms with E-state index in [0.29, 0.717) is 65.0 Å². The normalized spacial score (nSPS) is 12.4. The van der Waals surface area contributed by atoms with Gasteiger partial charge >= 0.3 is 23.9 Å². The maximum atomic E-state index is 12.9. The second-order valence-corrected chi connectivity index (χ2v) is 16.8. The van der Waals surface area contributed by atoms with Crippen molar-refractivity contribution in [2.24, 2.45) is 11.8 Å². The summed E-state index contributed by atoms with van der Waals surface area (Å²) in [6.45, 7) is 11.5. The minimum Gasteiger partial charge on any atom is -0.466 e. The van der Waals surface area contributed by atoms with E-state index < -0.39 is 0 Å². The Labute approximate surface area is 362 Å². The predicted molar refractivity (Wildman–Crippen MR) is 240 cm³/mol. The first-order valence-electron chi connectivity index (χ1n) is 24.8. The molecular weight excluding hydrogens is 747 g/mol. The fraction of sp³-hybridized carbons (Fsp3) is 0.918. The Bertz CT molecular complexity index is 905. The standard InChI is InChI=1S/C49H93NO9/c1-5-9-13-17-19-23-32-44(30-21-15-11-7-3)48(54)58-42-27-25-40-56-46(52)34-37-50(36-29-39-51)38-35-47(53)57-41-26-28-43-59-49(55)45(31-22-16-12-8-4)33-24-20-18-14-10-6-2/h44-45,51H,5-43H2,1-4H3. The van der Waals surface area contributed by atoms with Crippen molar-refractivity contribution < 1.29 is 43.2 Å². The minimum atomic E-state index is -0.310. The van der Waals surface area contributed by atoms with Crippen molar-refractivity contribution in [1.82, 2.24) is 4.90 Å². The van der Waals surface area contributed by atoms with Gasteiger partial charge in [0.15, 0.2) is 0 Å². The van der Waals surface area contributed by atoms with E-state index in [2.05, 4.69) is 27.7 Å². The van der Waals surface area contributed by atoms with Gasteiger partial charge in [-0.25, -0.2) is 0 Å². The van der Waals surface area contributed by atoms with Gasteiger partial charge in [0, 0.05) is 26.2 Å². The van der Waals surface area contributed by atoms with Crippen LogP contribution in [-0.2, 0) is 38.1 Å². The lowest BCUT2D eigenvalue weighted by atomic mass is 9.94. The molecule has 0 bridgehead atoms. The van der Waals surface area contributed by atoms with Crippen molar-refractivity contribution in [3.05, 3.63) is 0 Å². The van der Waals surface area contributed by atoms with Crippen LogP contribution in [0.25, 0.3) is 0 Å². The van der Waals surface area contributed by atoms with Crippen LogP contribution in [0.3, 0.4) is 0 Å². The lowest BCUT2D eigenvalue weighted by Crippen LogP contribution is -2.31. The zero-order chi connectivity index (χ0) is 43.4. The molecule has 0 aliphatic heterocycles. The van der Waals surface area contributed by atoms with Crippen LogP contribution in [0.2, 0.25) is 0 Å². The van der Waals surface area contributed by atoms with E-state index in [0.717, 1.165) is 64.2 Å². The average Bonchev–Trinajstić information content (AvgIpc) is 3.23. The molecule has 0 amide bonds. The molecule has 2 unspecified atom stereocenters. The molecule has 1 N–H and O–H groups in total. The number of aliphatic hydroxyl groups is 1. The highest BCUT2D eigenvalue weighted by Crippen LogP contribution is 2.22. The molecule has 0 aliphatic rings. The average molecular weight is 840 g/mol. The van der Waals surface area contributed by atoms with Gasteiger partial charge in [-0.2, -0.15) is 0 Å². The molecule has 0 saturated heterocycles. The number of rotatable bonds is 45. The molecule has 348 valence electrons. The van der Waals surface area contributed by atoms with Gasteiger partial charge in [-0.3, -0.25) is 19.2 Å². The zero-order valence-electron chi connectivity index (χ0n) is 38.9. The summed E-state index contributed by atoms with van der Waals surface area (Å²) < 4.78 is 22.2. The molecule has 0 saturated carbocycles. The van der Waals surface area contributed by atoms with Gasteiger partial charge in [0.1, 0.15) is 0 Å². The van der Waals surface area contributed by atoms with E-state index >= 15 is 0 Å². The molecule has 0 aliphatic carbocycles. The maximum Gasteiger partial charge on any atom is 0.308 e. The van der Waals surface area contributed by atoms with Gasteiger partial charge in [0.2, 0.25) is 0 Å². The van der Waals surface area contributed by atoms with E-state index in [9.17, 15) is 24.3 Å². The summed E-state index contributed by atoms with van der Waals surface area (Å²) in [6.07, 6.45) is 30.9. The van der Waals surface area contributed by atoms with E-state index in [-0.39, 0.29) is 68.4 Å². The van der Waals surface area contributed by atoms with Gasteiger partial charge in [-0.15, -0.1) is 0 Å². The Hall–Kier alpha value is -2.20. The summed E-state index contributed by atoms with van der Waals surface area (Å²) in [6, 6.07) is 0. The number of aliphatic hydroxyl groups excluding tert-OH is 1. The van der Waals surface area contributed by atoms with E-state index in [1.807, 2.05) is 4.90 Å². The van der Waals surface area contributed by atoms with Crippen LogP contribution < -0.4 is 0 Å². The van der Waals surface area contributed by atoms with E-state index in [1.165, 1.54) is 89.9 Å². The Balaban J connectivity index is 4.35. The molecule has 0 spiro atoms. The van der Waals surface area contributed by atoms with Crippen LogP contribution in [0.4, 0.5) is 0 Å². The highest BCUT2D eigenvalue weighted by atomic mass is 16.5. The molecular formula is C49H93NO9. The van der Waals surface area contributed by atoms with Gasteiger partial charge in [0.05, 0.1) is 51.1 Å². The Morgan fingerprint density at radius 3 is 1.03 bits per heavy atom.